The second kappa shape index (κ2) is 8.40. The van der Waals surface area contributed by atoms with Crippen LogP contribution in [0.2, 0.25) is 0 Å². The lowest BCUT2D eigenvalue weighted by molar-refractivity contribution is 1.30. The number of rotatable bonds is 5. The second-order valence-corrected chi connectivity index (χ2v) is 8.61. The summed E-state index contributed by atoms with van der Waals surface area (Å²) in [5.74, 6) is 0. The molecule has 0 unspecified atom stereocenters. The SMILES string of the molecule is c1ccc([Si]c2ccc(N(c3ccccc3)c3cccc4ccccc34)cc2)cc1. The summed E-state index contributed by atoms with van der Waals surface area (Å²) in [6.07, 6.45) is 0. The van der Waals surface area contributed by atoms with Gasteiger partial charge >= 0.3 is 0 Å². The van der Waals surface area contributed by atoms with Crippen LogP contribution in [0.1, 0.15) is 0 Å². The highest BCUT2D eigenvalue weighted by Crippen LogP contribution is 2.38. The Morgan fingerprint density at radius 2 is 1.00 bits per heavy atom. The molecule has 0 atom stereocenters. The predicted octanol–water partition coefficient (Wildman–Crippen LogP) is 5.96. The summed E-state index contributed by atoms with van der Waals surface area (Å²) in [6, 6.07) is 45.3. The third-order valence-electron chi connectivity index (χ3n) is 5.21. The van der Waals surface area contributed by atoms with Gasteiger partial charge < -0.3 is 4.90 Å². The zero-order valence-corrected chi connectivity index (χ0v) is 17.6. The number of fused-ring (bicyclic) bond motifs is 1. The largest absolute Gasteiger partial charge is 0.310 e. The Bertz CT molecular complexity index is 1240. The Kier molecular flexibility index (Phi) is 5.15. The fourth-order valence-electron chi connectivity index (χ4n) is 3.79. The first kappa shape index (κ1) is 18.4. The monoisotopic (exact) mass is 399 g/mol. The van der Waals surface area contributed by atoms with E-state index in [1.54, 1.807) is 0 Å². The molecule has 0 aliphatic carbocycles. The number of nitrogens with zero attached hydrogens (tertiary/aromatic N) is 1. The van der Waals surface area contributed by atoms with Gasteiger partial charge in [0.1, 0.15) is 9.52 Å². The fourth-order valence-corrected chi connectivity index (χ4v) is 4.82. The first-order chi connectivity index (χ1) is 14.9. The Labute approximate surface area is 180 Å². The molecule has 0 amide bonds. The van der Waals surface area contributed by atoms with Gasteiger partial charge in [0.15, 0.2) is 0 Å². The molecule has 0 saturated carbocycles. The van der Waals surface area contributed by atoms with Crippen LogP contribution in [0, 0.1) is 0 Å². The molecule has 0 fully saturated rings. The van der Waals surface area contributed by atoms with Crippen LogP contribution in [0.5, 0.6) is 0 Å². The van der Waals surface area contributed by atoms with E-state index >= 15 is 0 Å². The van der Waals surface area contributed by atoms with Crippen molar-refractivity contribution in [3.05, 3.63) is 127 Å². The van der Waals surface area contributed by atoms with Crippen LogP contribution in [-0.4, -0.2) is 9.52 Å². The highest BCUT2D eigenvalue weighted by molar-refractivity contribution is 6.67. The van der Waals surface area contributed by atoms with Crippen molar-refractivity contribution in [2.24, 2.45) is 0 Å². The molecule has 2 radical (unpaired) electrons. The maximum Gasteiger partial charge on any atom is 0.121 e. The molecule has 0 aliphatic heterocycles. The van der Waals surface area contributed by atoms with Crippen molar-refractivity contribution in [1.82, 2.24) is 0 Å². The molecule has 0 spiro atoms. The molecule has 0 N–H and O–H groups in total. The van der Waals surface area contributed by atoms with Crippen LogP contribution in [-0.2, 0) is 0 Å². The van der Waals surface area contributed by atoms with E-state index in [0.29, 0.717) is 9.52 Å². The quantitative estimate of drug-likeness (QED) is 0.329. The molecule has 1 nitrogen and oxygen atoms in total. The minimum Gasteiger partial charge on any atom is -0.310 e. The summed E-state index contributed by atoms with van der Waals surface area (Å²) >= 11 is 0. The predicted molar refractivity (Wildman–Crippen MR) is 130 cm³/mol. The Hall–Kier alpha value is -3.62. The lowest BCUT2D eigenvalue weighted by atomic mass is 10.1. The van der Waals surface area contributed by atoms with Crippen LogP contribution in [0.4, 0.5) is 17.1 Å². The Balaban J connectivity index is 1.58. The van der Waals surface area contributed by atoms with Crippen LogP contribution in [0.25, 0.3) is 10.8 Å². The van der Waals surface area contributed by atoms with Gasteiger partial charge in [-0.25, -0.2) is 0 Å². The standard InChI is InChI=1S/C28H21NSi/c1-3-12-23(13-4-1)29(28-17-9-11-22-10-7-8-16-27(22)28)24-18-20-26(21-19-24)30-25-14-5-2-6-15-25/h1-21H. The van der Waals surface area contributed by atoms with Gasteiger partial charge in [-0.15, -0.1) is 0 Å². The summed E-state index contributed by atoms with van der Waals surface area (Å²) in [6.45, 7) is 0. The summed E-state index contributed by atoms with van der Waals surface area (Å²) in [5, 5.41) is 5.20. The van der Waals surface area contributed by atoms with Gasteiger partial charge in [0.2, 0.25) is 0 Å². The highest BCUT2D eigenvalue weighted by Gasteiger charge is 2.14. The van der Waals surface area contributed by atoms with Crippen LogP contribution < -0.4 is 15.3 Å². The van der Waals surface area contributed by atoms with Crippen molar-refractivity contribution in [2.75, 3.05) is 4.90 Å². The number of hydrogen-bond donors (Lipinski definition) is 0. The second-order valence-electron chi connectivity index (χ2n) is 7.21. The smallest absolute Gasteiger partial charge is 0.121 e. The molecular weight excluding hydrogens is 378 g/mol. The van der Waals surface area contributed by atoms with E-state index in [4.69, 9.17) is 0 Å². The molecule has 5 aromatic carbocycles. The van der Waals surface area contributed by atoms with Gasteiger partial charge in [-0.05, 0) is 35.7 Å². The summed E-state index contributed by atoms with van der Waals surface area (Å²) in [7, 11) is 0.666. The maximum atomic E-state index is 2.34. The fraction of sp³-hybridized carbons (Fsp3) is 0. The lowest BCUT2D eigenvalue weighted by Gasteiger charge is -2.27. The molecule has 0 saturated heterocycles. The summed E-state index contributed by atoms with van der Waals surface area (Å²) < 4.78 is 0. The van der Waals surface area contributed by atoms with Gasteiger partial charge in [0, 0.05) is 16.8 Å². The van der Waals surface area contributed by atoms with Crippen molar-refractivity contribution < 1.29 is 0 Å². The van der Waals surface area contributed by atoms with E-state index in [1.165, 1.54) is 32.5 Å². The van der Waals surface area contributed by atoms with Crippen molar-refractivity contribution in [2.45, 2.75) is 0 Å². The van der Waals surface area contributed by atoms with E-state index in [0.717, 1.165) is 5.69 Å². The molecular formula is C28H21NSi. The molecule has 0 aliphatic rings. The van der Waals surface area contributed by atoms with E-state index in [-0.39, 0.29) is 0 Å². The average Bonchev–Trinajstić information content (AvgIpc) is 2.82. The van der Waals surface area contributed by atoms with Gasteiger partial charge in [-0.2, -0.15) is 0 Å². The molecule has 30 heavy (non-hydrogen) atoms. The first-order valence-corrected chi connectivity index (χ1v) is 11.1. The zero-order valence-electron chi connectivity index (χ0n) is 16.6. The summed E-state index contributed by atoms with van der Waals surface area (Å²) in [5.41, 5.74) is 3.52. The molecule has 0 aromatic heterocycles. The van der Waals surface area contributed by atoms with Gasteiger partial charge in [-0.1, -0.05) is 107 Å². The Morgan fingerprint density at radius 3 is 1.77 bits per heavy atom. The highest BCUT2D eigenvalue weighted by atomic mass is 28.2. The zero-order chi connectivity index (χ0) is 20.2. The van der Waals surface area contributed by atoms with Crippen molar-refractivity contribution in [1.29, 1.82) is 0 Å². The van der Waals surface area contributed by atoms with Crippen LogP contribution in [0.3, 0.4) is 0 Å². The van der Waals surface area contributed by atoms with E-state index < -0.39 is 0 Å². The minimum absolute atomic E-state index is 0.666. The number of anilines is 3. The van der Waals surface area contributed by atoms with E-state index in [1.807, 2.05) is 0 Å². The van der Waals surface area contributed by atoms with Gasteiger partial charge in [-0.3, -0.25) is 0 Å². The van der Waals surface area contributed by atoms with Crippen LogP contribution >= 0.6 is 0 Å². The van der Waals surface area contributed by atoms with E-state index in [9.17, 15) is 0 Å². The van der Waals surface area contributed by atoms with Crippen LogP contribution in [0.15, 0.2) is 127 Å². The van der Waals surface area contributed by atoms with Crippen molar-refractivity contribution in [3.63, 3.8) is 0 Å². The minimum atomic E-state index is 0.666. The Morgan fingerprint density at radius 1 is 0.433 bits per heavy atom. The lowest BCUT2D eigenvalue weighted by Crippen LogP contribution is -2.26. The third kappa shape index (κ3) is 3.78. The number of benzene rings is 5. The normalized spacial score (nSPS) is 10.8. The molecule has 5 rings (SSSR count). The van der Waals surface area contributed by atoms with Gasteiger partial charge in [0.25, 0.3) is 0 Å². The van der Waals surface area contributed by atoms with E-state index in [2.05, 4.69) is 132 Å². The maximum absolute atomic E-state index is 2.34. The molecule has 2 heteroatoms. The summed E-state index contributed by atoms with van der Waals surface area (Å²) in [4.78, 5) is 2.34. The number of para-hydroxylation sites is 1. The molecule has 0 bridgehead atoms. The average molecular weight is 400 g/mol. The molecule has 142 valence electrons. The van der Waals surface area contributed by atoms with Crippen molar-refractivity contribution >= 4 is 47.7 Å². The van der Waals surface area contributed by atoms with Crippen molar-refractivity contribution in [3.8, 4) is 0 Å². The third-order valence-corrected chi connectivity index (χ3v) is 6.45. The number of hydrogen-bond acceptors (Lipinski definition) is 1. The van der Waals surface area contributed by atoms with Gasteiger partial charge in [0.05, 0.1) is 5.69 Å². The topological polar surface area (TPSA) is 3.24 Å². The first-order valence-electron chi connectivity index (χ1n) is 10.1. The molecule has 5 aromatic rings. The molecule has 0 heterocycles.